The van der Waals surface area contributed by atoms with Gasteiger partial charge in [-0.2, -0.15) is 0 Å². The number of nitrogens with zero attached hydrogens (tertiary/aromatic N) is 1. The lowest BCUT2D eigenvalue weighted by atomic mass is 9.92. The summed E-state index contributed by atoms with van der Waals surface area (Å²) in [7, 11) is 0. The zero-order valence-corrected chi connectivity index (χ0v) is 9.09. The lowest BCUT2D eigenvalue weighted by Crippen LogP contribution is -2.55. The number of piperidine rings is 1. The van der Waals surface area contributed by atoms with Crippen LogP contribution < -0.4 is 5.73 Å². The van der Waals surface area contributed by atoms with Crippen LogP contribution in [0.5, 0.6) is 0 Å². The van der Waals surface area contributed by atoms with E-state index in [9.17, 15) is 0 Å². The molecule has 2 atom stereocenters. The van der Waals surface area contributed by atoms with E-state index in [0.717, 1.165) is 12.1 Å². The minimum atomic E-state index is 0.339. The third kappa shape index (κ3) is 1.62. The molecule has 2 fully saturated rings. The average molecular weight is 182 g/mol. The number of rotatable bonds is 0. The van der Waals surface area contributed by atoms with Crippen molar-refractivity contribution in [3.63, 3.8) is 0 Å². The second kappa shape index (κ2) is 2.96. The Hall–Kier alpha value is -0.0800. The first-order chi connectivity index (χ1) is 5.98. The lowest BCUT2D eigenvalue weighted by Gasteiger charge is -2.46. The summed E-state index contributed by atoms with van der Waals surface area (Å²) in [5.41, 5.74) is 6.37. The van der Waals surface area contributed by atoms with E-state index in [-0.39, 0.29) is 0 Å². The van der Waals surface area contributed by atoms with Gasteiger partial charge in [0.25, 0.3) is 0 Å². The summed E-state index contributed by atoms with van der Waals surface area (Å²) in [6.07, 6.45) is 5.17. The van der Waals surface area contributed by atoms with Crippen LogP contribution in [0.3, 0.4) is 0 Å². The summed E-state index contributed by atoms with van der Waals surface area (Å²) in [5.74, 6) is 0. The van der Waals surface area contributed by atoms with Crippen molar-refractivity contribution in [1.29, 1.82) is 0 Å². The maximum absolute atomic E-state index is 6.03. The van der Waals surface area contributed by atoms with Crippen molar-refractivity contribution in [3.8, 4) is 0 Å². The van der Waals surface area contributed by atoms with Crippen molar-refractivity contribution < 1.29 is 0 Å². The van der Waals surface area contributed by atoms with Gasteiger partial charge in [-0.3, -0.25) is 4.90 Å². The Morgan fingerprint density at radius 1 is 1.08 bits per heavy atom. The van der Waals surface area contributed by atoms with Gasteiger partial charge in [-0.15, -0.1) is 0 Å². The van der Waals surface area contributed by atoms with E-state index in [4.69, 9.17) is 5.73 Å². The van der Waals surface area contributed by atoms with Gasteiger partial charge in [0.2, 0.25) is 0 Å². The molecule has 2 unspecified atom stereocenters. The fourth-order valence-corrected chi connectivity index (χ4v) is 3.31. The SMILES string of the molecule is CC(C)(C)N1C2CCC1CC(N)C2. The Labute approximate surface area is 81.5 Å². The lowest BCUT2D eigenvalue weighted by molar-refractivity contribution is 0.0370. The molecule has 76 valence electrons. The molecule has 0 amide bonds. The van der Waals surface area contributed by atoms with Crippen LogP contribution in [-0.4, -0.2) is 28.6 Å². The van der Waals surface area contributed by atoms with Crippen molar-refractivity contribution in [1.82, 2.24) is 4.90 Å². The average Bonchev–Trinajstić information content (AvgIpc) is 2.23. The van der Waals surface area contributed by atoms with Gasteiger partial charge < -0.3 is 5.73 Å². The number of nitrogens with two attached hydrogens (primary N) is 1. The monoisotopic (exact) mass is 182 g/mol. The minimum Gasteiger partial charge on any atom is -0.328 e. The van der Waals surface area contributed by atoms with Gasteiger partial charge in [-0.1, -0.05) is 0 Å². The summed E-state index contributed by atoms with van der Waals surface area (Å²) < 4.78 is 0. The first kappa shape index (κ1) is 9.47. The van der Waals surface area contributed by atoms with Crippen molar-refractivity contribution in [2.45, 2.75) is 70.1 Å². The molecule has 0 aliphatic carbocycles. The fraction of sp³-hybridized carbons (Fsp3) is 1.00. The molecule has 2 nitrogen and oxygen atoms in total. The fourth-order valence-electron chi connectivity index (χ4n) is 3.31. The molecule has 2 saturated heterocycles. The van der Waals surface area contributed by atoms with Crippen LogP contribution >= 0.6 is 0 Å². The van der Waals surface area contributed by atoms with E-state index in [0.29, 0.717) is 11.6 Å². The predicted octanol–water partition coefficient (Wildman–Crippen LogP) is 1.74. The highest BCUT2D eigenvalue weighted by atomic mass is 15.3. The maximum Gasteiger partial charge on any atom is 0.0130 e. The van der Waals surface area contributed by atoms with Gasteiger partial charge in [-0.05, 0) is 46.5 Å². The van der Waals surface area contributed by atoms with Gasteiger partial charge in [0, 0.05) is 23.7 Å². The number of hydrogen-bond acceptors (Lipinski definition) is 2. The van der Waals surface area contributed by atoms with Gasteiger partial charge in [0.15, 0.2) is 0 Å². The summed E-state index contributed by atoms with van der Waals surface area (Å²) >= 11 is 0. The van der Waals surface area contributed by atoms with Gasteiger partial charge >= 0.3 is 0 Å². The van der Waals surface area contributed by atoms with Crippen LogP contribution in [0, 0.1) is 0 Å². The quantitative estimate of drug-likeness (QED) is 0.618. The summed E-state index contributed by atoms with van der Waals surface area (Å²) in [5, 5.41) is 0. The molecule has 0 aromatic rings. The molecule has 2 heteroatoms. The second-order valence-corrected chi connectivity index (χ2v) is 5.69. The Balaban J connectivity index is 2.15. The van der Waals surface area contributed by atoms with Gasteiger partial charge in [0.05, 0.1) is 0 Å². The molecule has 0 saturated carbocycles. The predicted molar refractivity (Wildman–Crippen MR) is 55.6 cm³/mol. The van der Waals surface area contributed by atoms with E-state index in [2.05, 4.69) is 25.7 Å². The van der Waals surface area contributed by atoms with E-state index in [1.165, 1.54) is 25.7 Å². The summed E-state index contributed by atoms with van der Waals surface area (Å²) in [6.45, 7) is 6.99. The van der Waals surface area contributed by atoms with E-state index >= 15 is 0 Å². The van der Waals surface area contributed by atoms with Crippen molar-refractivity contribution >= 4 is 0 Å². The Bertz CT molecular complexity index is 181. The van der Waals surface area contributed by atoms with Crippen LogP contribution in [0.4, 0.5) is 0 Å². The van der Waals surface area contributed by atoms with Gasteiger partial charge in [0.1, 0.15) is 0 Å². The Morgan fingerprint density at radius 2 is 1.54 bits per heavy atom. The van der Waals surface area contributed by atoms with Crippen molar-refractivity contribution in [3.05, 3.63) is 0 Å². The summed E-state index contributed by atoms with van der Waals surface area (Å²) in [4.78, 5) is 2.70. The molecule has 2 aliphatic heterocycles. The molecule has 0 spiro atoms. The Morgan fingerprint density at radius 3 is 1.92 bits per heavy atom. The standard InChI is InChI=1S/C11H22N2/c1-11(2,3)13-9-4-5-10(13)7-8(12)6-9/h8-10H,4-7,12H2,1-3H3. The molecule has 13 heavy (non-hydrogen) atoms. The normalized spacial score (nSPS) is 41.1. The molecular formula is C11H22N2. The first-order valence-corrected chi connectivity index (χ1v) is 5.52. The molecule has 0 aromatic heterocycles. The van der Waals surface area contributed by atoms with E-state index in [1.807, 2.05) is 0 Å². The number of fused-ring (bicyclic) bond motifs is 2. The number of hydrogen-bond donors (Lipinski definition) is 1. The molecule has 0 radical (unpaired) electrons. The smallest absolute Gasteiger partial charge is 0.0130 e. The van der Waals surface area contributed by atoms with Crippen molar-refractivity contribution in [2.75, 3.05) is 0 Å². The van der Waals surface area contributed by atoms with Crippen molar-refractivity contribution in [2.24, 2.45) is 5.73 Å². The highest BCUT2D eigenvalue weighted by molar-refractivity contribution is 5.00. The Kier molecular flexibility index (Phi) is 2.16. The summed E-state index contributed by atoms with van der Waals surface area (Å²) in [6, 6.07) is 2.01. The zero-order chi connectivity index (χ0) is 9.64. The van der Waals surface area contributed by atoms with Crippen LogP contribution in [0.15, 0.2) is 0 Å². The second-order valence-electron chi connectivity index (χ2n) is 5.69. The van der Waals surface area contributed by atoms with Crippen LogP contribution in [0.2, 0.25) is 0 Å². The third-order valence-electron chi connectivity index (χ3n) is 3.54. The van der Waals surface area contributed by atoms with Gasteiger partial charge in [-0.25, -0.2) is 0 Å². The van der Waals surface area contributed by atoms with E-state index in [1.54, 1.807) is 0 Å². The van der Waals surface area contributed by atoms with Crippen LogP contribution in [0.25, 0.3) is 0 Å². The van der Waals surface area contributed by atoms with Crippen LogP contribution in [0.1, 0.15) is 46.5 Å². The molecule has 2 rings (SSSR count). The highest BCUT2D eigenvalue weighted by Gasteiger charge is 2.44. The largest absolute Gasteiger partial charge is 0.328 e. The molecule has 2 aliphatic rings. The highest BCUT2D eigenvalue weighted by Crippen LogP contribution is 2.39. The zero-order valence-electron chi connectivity index (χ0n) is 9.09. The van der Waals surface area contributed by atoms with E-state index < -0.39 is 0 Å². The maximum atomic E-state index is 6.03. The molecular weight excluding hydrogens is 160 g/mol. The third-order valence-corrected chi connectivity index (χ3v) is 3.54. The first-order valence-electron chi connectivity index (χ1n) is 5.52. The molecule has 0 aromatic carbocycles. The topological polar surface area (TPSA) is 29.3 Å². The van der Waals surface area contributed by atoms with Crippen LogP contribution in [-0.2, 0) is 0 Å². The molecule has 2 heterocycles. The molecule has 2 N–H and O–H groups in total. The molecule has 2 bridgehead atoms. The minimum absolute atomic E-state index is 0.339.